The van der Waals surface area contributed by atoms with Crippen LogP contribution in [0, 0.1) is 28.6 Å². The summed E-state index contributed by atoms with van der Waals surface area (Å²) < 4.78 is 22.3. The van der Waals surface area contributed by atoms with E-state index in [9.17, 15) is 10.1 Å². The number of ether oxygens (including phenoxy) is 3. The molecule has 3 aromatic rings. The van der Waals surface area contributed by atoms with Crippen molar-refractivity contribution in [2.75, 3.05) is 38.4 Å². The van der Waals surface area contributed by atoms with Crippen molar-refractivity contribution in [2.24, 2.45) is 17.3 Å². The van der Waals surface area contributed by atoms with Crippen LogP contribution in [0.3, 0.4) is 0 Å². The number of amides is 1. The van der Waals surface area contributed by atoms with Crippen molar-refractivity contribution in [3.05, 3.63) is 29.0 Å². The molecule has 2 fully saturated rings. The first-order valence-electron chi connectivity index (χ1n) is 18.2. The minimum absolute atomic E-state index is 0.00912. The predicted octanol–water partition coefficient (Wildman–Crippen LogP) is 7.30. The maximum absolute atomic E-state index is 13.5. The molecule has 3 aliphatic rings. The first kappa shape index (κ1) is 36.0. The molecular formula is C37H56N6O4Si2. The Kier molecular flexibility index (Phi) is 10.3. The van der Waals surface area contributed by atoms with Gasteiger partial charge in [0.25, 0.3) is 0 Å². The van der Waals surface area contributed by atoms with E-state index in [2.05, 4.69) is 61.5 Å². The number of benzene rings is 1. The second-order valence-electron chi connectivity index (χ2n) is 17.5. The van der Waals surface area contributed by atoms with Gasteiger partial charge in [0.1, 0.15) is 25.2 Å². The molecular weight excluding hydrogens is 649 g/mol. The lowest BCUT2D eigenvalue weighted by atomic mass is 9.87. The Morgan fingerprint density at radius 1 is 1.08 bits per heavy atom. The van der Waals surface area contributed by atoms with Gasteiger partial charge < -0.3 is 19.1 Å². The normalized spacial score (nSPS) is 21.0. The van der Waals surface area contributed by atoms with Gasteiger partial charge in [0.15, 0.2) is 5.82 Å². The minimum Gasteiger partial charge on any atom is -0.381 e. The number of anilines is 1. The molecule has 2 aliphatic carbocycles. The fourth-order valence-electron chi connectivity index (χ4n) is 7.27. The average molecular weight is 705 g/mol. The van der Waals surface area contributed by atoms with Crippen molar-refractivity contribution in [1.29, 1.82) is 5.26 Å². The van der Waals surface area contributed by atoms with Crippen LogP contribution in [-0.2, 0) is 45.3 Å². The van der Waals surface area contributed by atoms with E-state index in [0.717, 1.165) is 61.4 Å². The quantitative estimate of drug-likeness (QED) is 0.128. The van der Waals surface area contributed by atoms with Gasteiger partial charge in [0.2, 0.25) is 5.91 Å². The zero-order valence-electron chi connectivity index (χ0n) is 31.0. The fourth-order valence-corrected chi connectivity index (χ4v) is 8.79. The van der Waals surface area contributed by atoms with Crippen LogP contribution in [0.15, 0.2) is 12.1 Å². The third-order valence-corrected chi connectivity index (χ3v) is 14.3. The molecule has 1 saturated carbocycles. The van der Waals surface area contributed by atoms with E-state index in [1.807, 2.05) is 12.1 Å². The summed E-state index contributed by atoms with van der Waals surface area (Å²) >= 11 is 0. The molecule has 1 aromatic carbocycles. The standard InChI is InChI=1S/C37H56N6O4Si2/c1-37-21-28(37)19-29-33(22-37)43(25-47-14-16-49(6,7)8)40-35(29)36-39-30-18-27(23-38)31(41(2)34(44)17-26-9-11-45-12-10-26)20-32(30)42(36)24-46-13-15-48(3,4)5/h18,20,26,28H,9-17,19,21-22,24-25H2,1-8H3/t28-,37-/m1/s1. The van der Waals surface area contributed by atoms with Gasteiger partial charge in [-0.1, -0.05) is 46.2 Å². The summed E-state index contributed by atoms with van der Waals surface area (Å²) in [5.41, 5.74) is 6.31. The second-order valence-corrected chi connectivity index (χ2v) is 28.7. The van der Waals surface area contributed by atoms with Crippen molar-refractivity contribution in [2.45, 2.75) is 110 Å². The highest BCUT2D eigenvalue weighted by atomic mass is 28.3. The molecule has 49 heavy (non-hydrogen) atoms. The van der Waals surface area contributed by atoms with Gasteiger partial charge in [-0.25, -0.2) is 9.67 Å². The molecule has 6 rings (SSSR count). The van der Waals surface area contributed by atoms with Gasteiger partial charge in [0.05, 0.1) is 22.3 Å². The summed E-state index contributed by atoms with van der Waals surface area (Å²) in [4.78, 5) is 20.4. The van der Waals surface area contributed by atoms with Crippen molar-refractivity contribution >= 4 is 38.8 Å². The molecule has 0 spiro atoms. The number of nitrogens with zero attached hydrogens (tertiary/aromatic N) is 6. The van der Waals surface area contributed by atoms with Crippen LogP contribution in [-0.4, -0.2) is 74.9 Å². The van der Waals surface area contributed by atoms with Crippen LogP contribution >= 0.6 is 0 Å². The molecule has 0 bridgehead atoms. The van der Waals surface area contributed by atoms with Crippen LogP contribution in [0.2, 0.25) is 51.4 Å². The number of fused-ring (bicyclic) bond motifs is 3. The van der Waals surface area contributed by atoms with Crippen LogP contribution in [0.1, 0.15) is 49.4 Å². The molecule has 2 atom stereocenters. The maximum Gasteiger partial charge on any atom is 0.227 e. The van der Waals surface area contributed by atoms with Gasteiger partial charge in [-0.15, -0.1) is 0 Å². The van der Waals surface area contributed by atoms with Crippen molar-refractivity contribution in [3.8, 4) is 17.6 Å². The summed E-state index contributed by atoms with van der Waals surface area (Å²) in [5, 5.41) is 15.5. The Hall–Kier alpha value is -2.83. The Bertz CT molecular complexity index is 1730. The van der Waals surface area contributed by atoms with E-state index in [4.69, 9.17) is 24.3 Å². The maximum atomic E-state index is 13.5. The first-order chi connectivity index (χ1) is 23.2. The SMILES string of the molecule is CN(C(=O)CC1CCOCC1)c1cc2c(cc1C#N)nc(-c1nn(COCC[Si](C)(C)C)c3c1C[C@@H]1C[C@]1(C)C3)n2COCC[Si](C)(C)C. The van der Waals surface area contributed by atoms with E-state index >= 15 is 0 Å². The minimum atomic E-state index is -1.30. The lowest BCUT2D eigenvalue weighted by molar-refractivity contribution is -0.119. The molecule has 1 amide bonds. The molecule has 0 radical (unpaired) electrons. The number of hydrogen-bond acceptors (Lipinski definition) is 7. The molecule has 2 aromatic heterocycles. The largest absolute Gasteiger partial charge is 0.381 e. The topological polar surface area (TPSA) is 107 Å². The number of nitriles is 1. The Morgan fingerprint density at radius 2 is 1.76 bits per heavy atom. The van der Waals surface area contributed by atoms with E-state index in [1.54, 1.807) is 11.9 Å². The van der Waals surface area contributed by atoms with E-state index in [0.29, 0.717) is 73.7 Å². The fraction of sp³-hybridized carbons (Fsp3) is 0.676. The summed E-state index contributed by atoms with van der Waals surface area (Å²) in [5.74, 6) is 1.71. The van der Waals surface area contributed by atoms with E-state index in [-0.39, 0.29) is 5.91 Å². The second kappa shape index (κ2) is 14.1. The molecule has 12 heteroatoms. The predicted molar refractivity (Wildman–Crippen MR) is 199 cm³/mol. The average Bonchev–Trinajstić information content (AvgIpc) is 3.41. The van der Waals surface area contributed by atoms with Gasteiger partial charge in [0, 0.05) is 67.3 Å². The van der Waals surface area contributed by atoms with Gasteiger partial charge in [-0.3, -0.25) is 9.36 Å². The van der Waals surface area contributed by atoms with Crippen LogP contribution < -0.4 is 4.90 Å². The lowest BCUT2D eigenvalue weighted by Crippen LogP contribution is -2.30. The van der Waals surface area contributed by atoms with Crippen LogP contribution in [0.5, 0.6) is 0 Å². The number of rotatable bonds is 14. The molecule has 1 aliphatic heterocycles. The first-order valence-corrected chi connectivity index (χ1v) is 25.6. The Labute approximate surface area is 294 Å². The van der Waals surface area contributed by atoms with Crippen molar-refractivity contribution < 1.29 is 19.0 Å². The number of hydrogen-bond donors (Lipinski definition) is 0. The zero-order chi connectivity index (χ0) is 35.1. The monoisotopic (exact) mass is 704 g/mol. The molecule has 0 unspecified atom stereocenters. The highest BCUT2D eigenvalue weighted by Gasteiger charge is 2.54. The highest BCUT2D eigenvalue weighted by molar-refractivity contribution is 6.76. The zero-order valence-corrected chi connectivity index (χ0v) is 33.0. The number of carbonyl (C=O) groups is 1. The number of aromatic nitrogens is 4. The van der Waals surface area contributed by atoms with Gasteiger partial charge >= 0.3 is 0 Å². The molecule has 1 saturated heterocycles. The van der Waals surface area contributed by atoms with E-state index < -0.39 is 16.1 Å². The summed E-state index contributed by atoms with van der Waals surface area (Å²) in [7, 11) is -0.731. The molecule has 10 nitrogen and oxygen atoms in total. The van der Waals surface area contributed by atoms with Crippen LogP contribution in [0.25, 0.3) is 22.6 Å². The molecule has 266 valence electrons. The number of carbonyl (C=O) groups excluding carboxylic acids is 1. The highest BCUT2D eigenvalue weighted by Crippen LogP contribution is 2.60. The van der Waals surface area contributed by atoms with Gasteiger partial charge in [-0.2, -0.15) is 10.4 Å². The number of imidazole rings is 1. The molecule has 3 heterocycles. The summed E-state index contributed by atoms with van der Waals surface area (Å²) in [6.07, 6.45) is 5.42. The Morgan fingerprint density at radius 3 is 2.41 bits per heavy atom. The third kappa shape index (κ3) is 8.23. The lowest BCUT2D eigenvalue weighted by Gasteiger charge is -2.25. The summed E-state index contributed by atoms with van der Waals surface area (Å²) in [6.45, 7) is 20.1. The van der Waals surface area contributed by atoms with E-state index in [1.165, 1.54) is 17.7 Å². The van der Waals surface area contributed by atoms with Crippen molar-refractivity contribution in [3.63, 3.8) is 0 Å². The third-order valence-electron chi connectivity index (χ3n) is 10.9. The Balaban J connectivity index is 1.38. The summed E-state index contributed by atoms with van der Waals surface area (Å²) in [6, 6.07) is 8.30. The van der Waals surface area contributed by atoms with Crippen molar-refractivity contribution in [1.82, 2.24) is 19.3 Å². The van der Waals surface area contributed by atoms with Gasteiger partial charge in [-0.05, 0) is 73.6 Å². The molecule has 0 N–H and O–H groups in total. The smallest absolute Gasteiger partial charge is 0.227 e. The van der Waals surface area contributed by atoms with Crippen LogP contribution in [0.4, 0.5) is 5.69 Å².